The van der Waals surface area contributed by atoms with Crippen LogP contribution in [0.2, 0.25) is 0 Å². The molecule has 0 aliphatic carbocycles. The Bertz CT molecular complexity index is 507. The van der Waals surface area contributed by atoms with Crippen LogP contribution in [0.3, 0.4) is 0 Å². The van der Waals surface area contributed by atoms with Crippen molar-refractivity contribution in [1.82, 2.24) is 14.8 Å². The van der Waals surface area contributed by atoms with Crippen molar-refractivity contribution in [2.75, 3.05) is 18.0 Å². The molecule has 6 nitrogen and oxygen atoms in total. The second-order valence-electron chi connectivity index (χ2n) is 3.16. The number of methoxy groups -OCH3 is 1. The first-order valence-corrected chi connectivity index (χ1v) is 4.49. The highest BCUT2D eigenvalue weighted by atomic mass is 16.5. The van der Waals surface area contributed by atoms with Gasteiger partial charge in [-0.05, 0) is 12.1 Å². The van der Waals surface area contributed by atoms with Crippen LogP contribution in [-0.4, -0.2) is 21.9 Å². The number of hydrogen-bond donors (Lipinski definition) is 2. The third-order valence-corrected chi connectivity index (χ3v) is 2.32. The number of nitrogens with zero attached hydrogens (tertiary/aromatic N) is 3. The number of rotatable bonds is 1. The lowest BCUT2D eigenvalue weighted by atomic mass is 10.2. The maximum Gasteiger partial charge on any atom is 0.247 e. The van der Waals surface area contributed by atoms with Gasteiger partial charge in [-0.1, -0.05) is 0 Å². The number of ether oxygens (including phenoxy) is 1. The SMILES string of the molecule is COc1ccc2c(c1)NNc1nncn1-2. The summed E-state index contributed by atoms with van der Waals surface area (Å²) in [7, 11) is 1.64. The summed E-state index contributed by atoms with van der Waals surface area (Å²) in [5.74, 6) is 1.48. The summed E-state index contributed by atoms with van der Waals surface area (Å²) in [4.78, 5) is 0. The van der Waals surface area contributed by atoms with Crippen LogP contribution in [0.25, 0.3) is 5.69 Å². The minimum Gasteiger partial charge on any atom is -0.497 e. The zero-order valence-electron chi connectivity index (χ0n) is 8.06. The molecule has 0 spiro atoms. The first-order chi connectivity index (χ1) is 7.38. The lowest BCUT2D eigenvalue weighted by Gasteiger charge is -2.20. The van der Waals surface area contributed by atoms with Gasteiger partial charge in [0.25, 0.3) is 0 Å². The second-order valence-corrected chi connectivity index (χ2v) is 3.16. The molecule has 1 aromatic heterocycles. The highest BCUT2D eigenvalue weighted by Crippen LogP contribution is 2.30. The maximum atomic E-state index is 5.14. The van der Waals surface area contributed by atoms with E-state index in [1.54, 1.807) is 13.4 Å². The Balaban J connectivity index is 2.18. The van der Waals surface area contributed by atoms with Crippen LogP contribution in [-0.2, 0) is 0 Å². The number of nitrogens with one attached hydrogen (secondary N) is 2. The molecule has 0 bridgehead atoms. The number of anilines is 2. The van der Waals surface area contributed by atoms with E-state index in [1.165, 1.54) is 0 Å². The molecule has 2 aromatic rings. The van der Waals surface area contributed by atoms with E-state index < -0.39 is 0 Å². The first kappa shape index (κ1) is 8.10. The molecule has 0 fully saturated rings. The fraction of sp³-hybridized carbons (Fsp3) is 0.111. The van der Waals surface area contributed by atoms with Gasteiger partial charge in [-0.3, -0.25) is 15.4 Å². The van der Waals surface area contributed by atoms with Gasteiger partial charge in [0.1, 0.15) is 12.1 Å². The average Bonchev–Trinajstić information content (AvgIpc) is 2.76. The topological polar surface area (TPSA) is 64.0 Å². The lowest BCUT2D eigenvalue weighted by Crippen LogP contribution is -2.19. The summed E-state index contributed by atoms with van der Waals surface area (Å²) in [6.07, 6.45) is 1.66. The number of aromatic nitrogens is 3. The summed E-state index contributed by atoms with van der Waals surface area (Å²) in [6, 6.07) is 5.76. The highest BCUT2D eigenvalue weighted by molar-refractivity contribution is 5.69. The van der Waals surface area contributed by atoms with Gasteiger partial charge in [-0.2, -0.15) is 0 Å². The molecule has 76 valence electrons. The van der Waals surface area contributed by atoms with Crippen LogP contribution in [0, 0.1) is 0 Å². The largest absolute Gasteiger partial charge is 0.497 e. The Morgan fingerprint density at radius 1 is 1.33 bits per heavy atom. The molecule has 1 aliphatic rings. The predicted octanol–water partition coefficient (Wildman–Crippen LogP) is 1.03. The van der Waals surface area contributed by atoms with E-state index in [9.17, 15) is 0 Å². The van der Waals surface area contributed by atoms with Crippen molar-refractivity contribution in [2.45, 2.75) is 0 Å². The zero-order chi connectivity index (χ0) is 10.3. The Kier molecular flexibility index (Phi) is 1.55. The van der Waals surface area contributed by atoms with Crippen molar-refractivity contribution in [3.05, 3.63) is 24.5 Å². The first-order valence-electron chi connectivity index (χ1n) is 4.49. The summed E-state index contributed by atoms with van der Waals surface area (Å²) in [5.41, 5.74) is 7.89. The molecular weight excluding hydrogens is 194 g/mol. The quantitative estimate of drug-likeness (QED) is 0.724. The van der Waals surface area contributed by atoms with Crippen molar-refractivity contribution in [3.8, 4) is 11.4 Å². The number of benzene rings is 1. The standard InChI is InChI=1S/C9H9N5O/c1-15-6-2-3-8-7(4-6)11-13-9-12-10-5-14(8)9/h2-5,11H,1H3,(H,12,13). The van der Waals surface area contributed by atoms with E-state index in [0.717, 1.165) is 17.1 Å². The van der Waals surface area contributed by atoms with Gasteiger partial charge >= 0.3 is 0 Å². The molecule has 1 aromatic carbocycles. The molecule has 0 saturated carbocycles. The molecule has 6 heteroatoms. The van der Waals surface area contributed by atoms with Crippen LogP contribution in [0.5, 0.6) is 5.75 Å². The van der Waals surface area contributed by atoms with Crippen LogP contribution >= 0.6 is 0 Å². The van der Waals surface area contributed by atoms with Crippen molar-refractivity contribution < 1.29 is 4.74 Å². The minimum absolute atomic E-state index is 0.674. The van der Waals surface area contributed by atoms with Gasteiger partial charge in [0.05, 0.1) is 18.5 Å². The fourth-order valence-electron chi connectivity index (χ4n) is 1.57. The van der Waals surface area contributed by atoms with Gasteiger partial charge in [0.15, 0.2) is 0 Å². The molecule has 15 heavy (non-hydrogen) atoms. The number of hydrogen-bond acceptors (Lipinski definition) is 5. The van der Waals surface area contributed by atoms with Gasteiger partial charge in [-0.15, -0.1) is 10.2 Å². The average molecular weight is 203 g/mol. The van der Waals surface area contributed by atoms with Gasteiger partial charge < -0.3 is 4.74 Å². The molecule has 0 unspecified atom stereocenters. The van der Waals surface area contributed by atoms with Gasteiger partial charge in [0.2, 0.25) is 5.95 Å². The van der Waals surface area contributed by atoms with Crippen molar-refractivity contribution in [1.29, 1.82) is 0 Å². The van der Waals surface area contributed by atoms with Crippen LogP contribution in [0.1, 0.15) is 0 Å². The molecule has 2 N–H and O–H groups in total. The van der Waals surface area contributed by atoms with Crippen LogP contribution in [0.15, 0.2) is 24.5 Å². The van der Waals surface area contributed by atoms with Crippen LogP contribution < -0.4 is 15.6 Å². The smallest absolute Gasteiger partial charge is 0.247 e. The van der Waals surface area contributed by atoms with E-state index in [2.05, 4.69) is 21.0 Å². The number of hydrazine groups is 1. The van der Waals surface area contributed by atoms with E-state index >= 15 is 0 Å². The monoisotopic (exact) mass is 203 g/mol. The van der Waals surface area contributed by atoms with Gasteiger partial charge in [-0.25, -0.2) is 0 Å². The number of fused-ring (bicyclic) bond motifs is 3. The summed E-state index contributed by atoms with van der Waals surface area (Å²) >= 11 is 0. The summed E-state index contributed by atoms with van der Waals surface area (Å²) in [5, 5.41) is 7.73. The van der Waals surface area contributed by atoms with Crippen molar-refractivity contribution in [3.63, 3.8) is 0 Å². The zero-order valence-corrected chi connectivity index (χ0v) is 8.06. The summed E-state index contributed by atoms with van der Waals surface area (Å²) in [6.45, 7) is 0. The van der Waals surface area contributed by atoms with Crippen molar-refractivity contribution >= 4 is 11.6 Å². The molecule has 0 saturated heterocycles. The fourth-order valence-corrected chi connectivity index (χ4v) is 1.57. The summed E-state index contributed by atoms with van der Waals surface area (Å²) < 4.78 is 7.01. The molecule has 0 amide bonds. The molecule has 0 atom stereocenters. The molecule has 2 heterocycles. The maximum absolute atomic E-state index is 5.14. The molecule has 3 rings (SSSR count). The van der Waals surface area contributed by atoms with Crippen LogP contribution in [0.4, 0.5) is 11.6 Å². The van der Waals surface area contributed by atoms with E-state index in [4.69, 9.17) is 4.74 Å². The third kappa shape index (κ3) is 1.11. The van der Waals surface area contributed by atoms with E-state index in [0.29, 0.717) is 5.95 Å². The lowest BCUT2D eigenvalue weighted by molar-refractivity contribution is 0.415. The molecule has 0 radical (unpaired) electrons. The van der Waals surface area contributed by atoms with Gasteiger partial charge in [0, 0.05) is 6.07 Å². The Labute approximate surface area is 85.9 Å². The predicted molar refractivity (Wildman–Crippen MR) is 55.2 cm³/mol. The minimum atomic E-state index is 0.674. The second kappa shape index (κ2) is 2.88. The Morgan fingerprint density at radius 2 is 2.27 bits per heavy atom. The van der Waals surface area contributed by atoms with E-state index in [-0.39, 0.29) is 0 Å². The Hall–Kier alpha value is -2.24. The third-order valence-electron chi connectivity index (χ3n) is 2.32. The molecular formula is C9H9N5O. The highest BCUT2D eigenvalue weighted by Gasteiger charge is 2.15. The Morgan fingerprint density at radius 3 is 3.13 bits per heavy atom. The van der Waals surface area contributed by atoms with Crippen molar-refractivity contribution in [2.24, 2.45) is 0 Å². The van der Waals surface area contributed by atoms with E-state index in [1.807, 2.05) is 22.8 Å². The molecule has 1 aliphatic heterocycles. The normalized spacial score (nSPS) is 12.1.